The van der Waals surface area contributed by atoms with Gasteiger partial charge in [-0.2, -0.15) is 0 Å². The number of carbonyl (C=O) groups excluding carboxylic acids is 1. The molecule has 0 aliphatic carbocycles. The predicted octanol–water partition coefficient (Wildman–Crippen LogP) is 0.171. The van der Waals surface area contributed by atoms with Crippen molar-refractivity contribution in [2.45, 2.75) is 0 Å². The second-order valence-electron chi connectivity index (χ2n) is 3.35. The second-order valence-corrected chi connectivity index (χ2v) is 3.35. The van der Waals surface area contributed by atoms with Crippen molar-refractivity contribution in [2.75, 3.05) is 31.0 Å². The topological polar surface area (TPSA) is 67.6 Å². The number of amides is 1. The second kappa shape index (κ2) is 3.78. The van der Waals surface area contributed by atoms with Crippen LogP contribution < -0.4 is 20.7 Å². The molecule has 1 aliphatic heterocycles. The molecule has 1 amide bonds. The van der Waals surface area contributed by atoms with Gasteiger partial charge in [0, 0.05) is 5.69 Å². The van der Waals surface area contributed by atoms with Gasteiger partial charge in [-0.15, -0.1) is 0 Å². The maximum absolute atomic E-state index is 11.6. The van der Waals surface area contributed by atoms with Gasteiger partial charge in [0.15, 0.2) is 6.61 Å². The van der Waals surface area contributed by atoms with Crippen molar-refractivity contribution < 1.29 is 9.53 Å². The Morgan fingerprint density at radius 2 is 2.40 bits per heavy atom. The van der Waals surface area contributed by atoms with Gasteiger partial charge < -0.3 is 15.8 Å². The Hall–Kier alpha value is -1.75. The highest BCUT2D eigenvalue weighted by Crippen LogP contribution is 2.33. The number of anilines is 2. The number of nitrogens with zero attached hydrogens (tertiary/aromatic N) is 1. The SMILES string of the molecule is CNCN1C(=O)COc2ccc(N)cc21. The quantitative estimate of drug-likeness (QED) is 0.678. The molecule has 5 heteroatoms. The first-order valence-corrected chi connectivity index (χ1v) is 4.69. The van der Waals surface area contributed by atoms with Gasteiger partial charge in [0.05, 0.1) is 12.4 Å². The smallest absolute Gasteiger partial charge is 0.266 e. The molecular weight excluding hydrogens is 194 g/mol. The molecule has 1 aliphatic rings. The van der Waals surface area contributed by atoms with E-state index in [4.69, 9.17) is 10.5 Å². The molecular formula is C10H13N3O2. The highest BCUT2D eigenvalue weighted by Gasteiger charge is 2.24. The van der Waals surface area contributed by atoms with Gasteiger partial charge in [-0.25, -0.2) is 0 Å². The van der Waals surface area contributed by atoms with Crippen molar-refractivity contribution in [3.8, 4) is 5.75 Å². The molecule has 5 nitrogen and oxygen atoms in total. The van der Waals surface area contributed by atoms with Crippen LogP contribution in [0.3, 0.4) is 0 Å². The van der Waals surface area contributed by atoms with Gasteiger partial charge in [0.1, 0.15) is 5.75 Å². The van der Waals surface area contributed by atoms with E-state index in [1.165, 1.54) is 0 Å². The van der Waals surface area contributed by atoms with Crippen molar-refractivity contribution in [3.63, 3.8) is 0 Å². The Bertz CT molecular complexity index is 392. The lowest BCUT2D eigenvalue weighted by atomic mass is 10.2. The Kier molecular flexibility index (Phi) is 2.47. The van der Waals surface area contributed by atoms with Gasteiger partial charge in [-0.1, -0.05) is 0 Å². The summed E-state index contributed by atoms with van der Waals surface area (Å²) in [5, 5.41) is 2.94. The molecule has 0 fully saturated rings. The molecule has 3 N–H and O–H groups in total. The lowest BCUT2D eigenvalue weighted by Gasteiger charge is -2.29. The van der Waals surface area contributed by atoms with Crippen LogP contribution in [-0.4, -0.2) is 26.2 Å². The summed E-state index contributed by atoms with van der Waals surface area (Å²) in [6.07, 6.45) is 0. The largest absolute Gasteiger partial charge is 0.482 e. The van der Waals surface area contributed by atoms with Gasteiger partial charge in [-0.3, -0.25) is 9.69 Å². The molecule has 0 saturated carbocycles. The molecule has 0 spiro atoms. The summed E-state index contributed by atoms with van der Waals surface area (Å²) in [6, 6.07) is 5.27. The molecule has 0 bridgehead atoms. The Morgan fingerprint density at radius 3 is 3.13 bits per heavy atom. The third-order valence-electron chi connectivity index (χ3n) is 2.24. The first-order chi connectivity index (χ1) is 7.22. The van der Waals surface area contributed by atoms with Crippen molar-refractivity contribution in [1.82, 2.24) is 5.32 Å². The maximum Gasteiger partial charge on any atom is 0.266 e. The van der Waals surface area contributed by atoms with Crippen molar-refractivity contribution >= 4 is 17.3 Å². The molecule has 2 rings (SSSR count). The van der Waals surface area contributed by atoms with E-state index in [1.807, 2.05) is 0 Å². The Labute approximate surface area is 87.8 Å². The van der Waals surface area contributed by atoms with Crippen LogP contribution in [0.5, 0.6) is 5.75 Å². The number of carbonyl (C=O) groups is 1. The van der Waals surface area contributed by atoms with Gasteiger partial charge >= 0.3 is 0 Å². The minimum Gasteiger partial charge on any atom is -0.482 e. The molecule has 1 heterocycles. The number of hydrogen-bond acceptors (Lipinski definition) is 4. The fraction of sp³-hybridized carbons (Fsp3) is 0.300. The third kappa shape index (κ3) is 1.73. The van der Waals surface area contributed by atoms with Gasteiger partial charge in [0.2, 0.25) is 0 Å². The van der Waals surface area contributed by atoms with E-state index in [-0.39, 0.29) is 12.5 Å². The summed E-state index contributed by atoms with van der Waals surface area (Å²) in [4.78, 5) is 13.2. The molecule has 1 aromatic rings. The molecule has 0 unspecified atom stereocenters. The minimum atomic E-state index is -0.0672. The first-order valence-electron chi connectivity index (χ1n) is 4.69. The number of nitrogen functional groups attached to an aromatic ring is 1. The highest BCUT2D eigenvalue weighted by molar-refractivity contribution is 5.98. The summed E-state index contributed by atoms with van der Waals surface area (Å²) in [6.45, 7) is 0.539. The van der Waals surface area contributed by atoms with Crippen LogP contribution >= 0.6 is 0 Å². The molecule has 0 saturated heterocycles. The molecule has 1 aromatic carbocycles. The summed E-state index contributed by atoms with van der Waals surface area (Å²) >= 11 is 0. The highest BCUT2D eigenvalue weighted by atomic mass is 16.5. The summed E-state index contributed by atoms with van der Waals surface area (Å²) in [7, 11) is 1.79. The summed E-state index contributed by atoms with van der Waals surface area (Å²) in [5.74, 6) is 0.626. The van der Waals surface area contributed by atoms with Crippen LogP contribution in [0.2, 0.25) is 0 Å². The van der Waals surface area contributed by atoms with Crippen LogP contribution in [0, 0.1) is 0 Å². The fourth-order valence-corrected chi connectivity index (χ4v) is 1.55. The fourth-order valence-electron chi connectivity index (χ4n) is 1.55. The van der Waals surface area contributed by atoms with Crippen LogP contribution in [0.1, 0.15) is 0 Å². The summed E-state index contributed by atoms with van der Waals surface area (Å²) < 4.78 is 5.29. The lowest BCUT2D eigenvalue weighted by molar-refractivity contribution is -0.121. The average molecular weight is 207 g/mol. The minimum absolute atomic E-state index is 0.0672. The zero-order chi connectivity index (χ0) is 10.8. The molecule has 0 atom stereocenters. The molecule has 0 aromatic heterocycles. The molecule has 80 valence electrons. The predicted molar refractivity (Wildman–Crippen MR) is 57.8 cm³/mol. The van der Waals surface area contributed by atoms with Crippen molar-refractivity contribution in [1.29, 1.82) is 0 Å². The Balaban J connectivity index is 2.41. The number of nitrogens with two attached hydrogens (primary N) is 1. The number of nitrogens with one attached hydrogen (secondary N) is 1. The number of ether oxygens (including phenoxy) is 1. The van der Waals surface area contributed by atoms with E-state index in [9.17, 15) is 4.79 Å². The first kappa shape index (κ1) is 9.79. The van der Waals surface area contributed by atoms with E-state index < -0.39 is 0 Å². The van der Waals surface area contributed by atoms with E-state index in [0.29, 0.717) is 18.1 Å². The van der Waals surface area contributed by atoms with E-state index in [1.54, 1.807) is 30.1 Å². The average Bonchev–Trinajstić information content (AvgIpc) is 2.23. The van der Waals surface area contributed by atoms with E-state index in [2.05, 4.69) is 5.32 Å². The summed E-state index contributed by atoms with van der Waals surface area (Å²) in [5.41, 5.74) is 7.01. The Morgan fingerprint density at radius 1 is 1.60 bits per heavy atom. The standard InChI is InChI=1S/C10H13N3O2/c1-12-6-13-8-4-7(11)2-3-9(8)15-5-10(13)14/h2-4,12H,5-6,11H2,1H3. The van der Waals surface area contributed by atoms with Crippen LogP contribution in [0.4, 0.5) is 11.4 Å². The van der Waals surface area contributed by atoms with Crippen LogP contribution in [0.15, 0.2) is 18.2 Å². The van der Waals surface area contributed by atoms with Gasteiger partial charge in [-0.05, 0) is 25.2 Å². The number of rotatable bonds is 2. The number of fused-ring (bicyclic) bond motifs is 1. The van der Waals surface area contributed by atoms with Crippen molar-refractivity contribution in [3.05, 3.63) is 18.2 Å². The van der Waals surface area contributed by atoms with E-state index >= 15 is 0 Å². The van der Waals surface area contributed by atoms with Crippen LogP contribution in [-0.2, 0) is 4.79 Å². The molecule has 15 heavy (non-hydrogen) atoms. The van der Waals surface area contributed by atoms with Gasteiger partial charge in [0.25, 0.3) is 5.91 Å². The van der Waals surface area contributed by atoms with Crippen molar-refractivity contribution in [2.24, 2.45) is 0 Å². The maximum atomic E-state index is 11.6. The normalized spacial score (nSPS) is 14.7. The lowest BCUT2D eigenvalue weighted by Crippen LogP contribution is -2.43. The van der Waals surface area contributed by atoms with Crippen LogP contribution in [0.25, 0.3) is 0 Å². The van der Waals surface area contributed by atoms with E-state index in [0.717, 1.165) is 5.69 Å². The molecule has 0 radical (unpaired) electrons. The number of benzene rings is 1. The number of hydrogen-bond donors (Lipinski definition) is 2. The zero-order valence-corrected chi connectivity index (χ0v) is 8.49. The zero-order valence-electron chi connectivity index (χ0n) is 8.49. The monoisotopic (exact) mass is 207 g/mol. The third-order valence-corrected chi connectivity index (χ3v) is 2.24.